The van der Waals surface area contributed by atoms with Crippen molar-refractivity contribution in [2.75, 3.05) is 25.2 Å². The van der Waals surface area contributed by atoms with Crippen molar-refractivity contribution >= 4 is 23.5 Å². The van der Waals surface area contributed by atoms with Gasteiger partial charge in [0.25, 0.3) is 11.8 Å². The van der Waals surface area contributed by atoms with Crippen LogP contribution in [-0.4, -0.2) is 38.0 Å². The van der Waals surface area contributed by atoms with E-state index in [-0.39, 0.29) is 19.1 Å². The van der Waals surface area contributed by atoms with Gasteiger partial charge in [0.1, 0.15) is 11.5 Å². The zero-order valence-corrected chi connectivity index (χ0v) is 20.4. The van der Waals surface area contributed by atoms with Crippen LogP contribution in [0.3, 0.4) is 0 Å². The van der Waals surface area contributed by atoms with Gasteiger partial charge >= 0.3 is 5.97 Å². The van der Waals surface area contributed by atoms with Crippen LogP contribution in [-0.2, 0) is 20.9 Å². The molecule has 2 amide bonds. The second-order valence-corrected chi connectivity index (χ2v) is 8.35. The summed E-state index contributed by atoms with van der Waals surface area (Å²) in [5.41, 5.74) is 2.99. The molecule has 1 aromatic heterocycles. The molecule has 0 unspecified atom stereocenters. The molecule has 0 saturated heterocycles. The minimum atomic E-state index is -0.665. The fraction of sp³-hybridized carbons (Fsp3) is 0.296. The second kappa shape index (κ2) is 11.9. The first-order chi connectivity index (χ1) is 16.8. The number of furan rings is 1. The van der Waals surface area contributed by atoms with E-state index in [1.807, 2.05) is 25.1 Å². The first-order valence-electron chi connectivity index (χ1n) is 11.3. The first-order valence-corrected chi connectivity index (χ1v) is 11.3. The number of aryl methyl sites for hydroxylation is 1. The van der Waals surface area contributed by atoms with E-state index in [2.05, 4.69) is 19.2 Å². The minimum Gasteiger partial charge on any atom is -0.482 e. The minimum absolute atomic E-state index is 0.217. The number of para-hydroxylation sites is 1. The standard InChI is InChI=1S/C27H30N2O6/c1-18(2)22-12-11-20(14-19(22)3)34-17-26(31)35-16-25(30)29(4)24-10-6-5-9-23(24)27(32)28-15-21-8-7-13-33-21/h5-14,18H,15-17H2,1-4H3,(H,28,32). The molecule has 0 aliphatic carbocycles. The molecule has 1 heterocycles. The van der Waals surface area contributed by atoms with E-state index in [0.717, 1.165) is 5.56 Å². The summed E-state index contributed by atoms with van der Waals surface area (Å²) in [6, 6.07) is 15.8. The van der Waals surface area contributed by atoms with Gasteiger partial charge in [0, 0.05) is 7.05 Å². The van der Waals surface area contributed by atoms with Crippen LogP contribution in [0.25, 0.3) is 0 Å². The number of likely N-dealkylation sites (N-methyl/N-ethyl adjacent to an activating group) is 1. The number of benzene rings is 2. The Kier molecular flexibility index (Phi) is 8.67. The molecular formula is C27H30N2O6. The summed E-state index contributed by atoms with van der Waals surface area (Å²) in [6.07, 6.45) is 1.53. The molecule has 0 saturated carbocycles. The smallest absolute Gasteiger partial charge is 0.344 e. The van der Waals surface area contributed by atoms with Crippen LogP contribution in [0.15, 0.2) is 65.3 Å². The zero-order valence-electron chi connectivity index (χ0n) is 20.4. The number of esters is 1. The zero-order chi connectivity index (χ0) is 25.4. The summed E-state index contributed by atoms with van der Waals surface area (Å²) in [5.74, 6) is 0.0517. The van der Waals surface area contributed by atoms with E-state index in [4.69, 9.17) is 13.9 Å². The molecule has 35 heavy (non-hydrogen) atoms. The summed E-state index contributed by atoms with van der Waals surface area (Å²) in [6.45, 7) is 5.63. The molecule has 0 spiro atoms. The molecule has 0 aliphatic heterocycles. The number of amides is 2. The van der Waals surface area contributed by atoms with Gasteiger partial charge in [-0.3, -0.25) is 9.59 Å². The summed E-state index contributed by atoms with van der Waals surface area (Å²) in [4.78, 5) is 38.7. The number of hydrogen-bond acceptors (Lipinski definition) is 6. The van der Waals surface area contributed by atoms with E-state index < -0.39 is 18.5 Å². The van der Waals surface area contributed by atoms with Gasteiger partial charge < -0.3 is 24.1 Å². The number of carbonyl (C=O) groups excluding carboxylic acids is 3. The maximum Gasteiger partial charge on any atom is 0.344 e. The molecule has 0 radical (unpaired) electrons. The third-order valence-electron chi connectivity index (χ3n) is 5.46. The maximum absolute atomic E-state index is 12.7. The van der Waals surface area contributed by atoms with Crippen molar-refractivity contribution in [3.63, 3.8) is 0 Å². The second-order valence-electron chi connectivity index (χ2n) is 8.35. The van der Waals surface area contributed by atoms with Gasteiger partial charge in [0.2, 0.25) is 0 Å². The van der Waals surface area contributed by atoms with Crippen LogP contribution in [0.2, 0.25) is 0 Å². The van der Waals surface area contributed by atoms with Crippen LogP contribution >= 0.6 is 0 Å². The van der Waals surface area contributed by atoms with E-state index in [9.17, 15) is 14.4 Å². The van der Waals surface area contributed by atoms with Crippen molar-refractivity contribution in [3.05, 3.63) is 83.3 Å². The van der Waals surface area contributed by atoms with Gasteiger partial charge in [-0.05, 0) is 60.4 Å². The molecule has 8 heteroatoms. The Morgan fingerprint density at radius 1 is 1.03 bits per heavy atom. The van der Waals surface area contributed by atoms with Gasteiger partial charge in [0.05, 0.1) is 24.1 Å². The Labute approximate surface area is 204 Å². The fourth-order valence-electron chi connectivity index (χ4n) is 3.58. The van der Waals surface area contributed by atoms with Crippen molar-refractivity contribution in [2.45, 2.75) is 33.2 Å². The molecule has 0 bridgehead atoms. The molecule has 3 aromatic rings. The highest BCUT2D eigenvalue weighted by atomic mass is 16.6. The predicted octanol–water partition coefficient (Wildman–Crippen LogP) is 4.23. The van der Waals surface area contributed by atoms with Crippen molar-refractivity contribution in [2.24, 2.45) is 0 Å². The number of carbonyl (C=O) groups is 3. The van der Waals surface area contributed by atoms with Crippen LogP contribution in [0.5, 0.6) is 5.75 Å². The van der Waals surface area contributed by atoms with Gasteiger partial charge in [-0.1, -0.05) is 32.0 Å². The quantitative estimate of drug-likeness (QED) is 0.438. The molecule has 8 nitrogen and oxygen atoms in total. The van der Waals surface area contributed by atoms with Crippen molar-refractivity contribution in [3.8, 4) is 5.75 Å². The predicted molar refractivity (Wildman–Crippen MR) is 131 cm³/mol. The van der Waals surface area contributed by atoms with E-state index in [1.54, 1.807) is 36.4 Å². The summed E-state index contributed by atoms with van der Waals surface area (Å²) in [7, 11) is 1.52. The SMILES string of the molecule is Cc1cc(OCC(=O)OCC(=O)N(C)c2ccccc2C(=O)NCc2ccco2)ccc1C(C)C. The fourth-order valence-corrected chi connectivity index (χ4v) is 3.58. The third-order valence-corrected chi connectivity index (χ3v) is 5.46. The molecule has 0 fully saturated rings. The number of anilines is 1. The Morgan fingerprint density at radius 2 is 1.80 bits per heavy atom. The van der Waals surface area contributed by atoms with Gasteiger partial charge in [-0.25, -0.2) is 4.79 Å². The molecular weight excluding hydrogens is 448 g/mol. The van der Waals surface area contributed by atoms with Crippen LogP contribution in [0.1, 0.15) is 47.0 Å². The summed E-state index contributed by atoms with van der Waals surface area (Å²) in [5, 5.41) is 2.76. The normalized spacial score (nSPS) is 10.7. The van der Waals surface area contributed by atoms with Gasteiger partial charge in [-0.2, -0.15) is 0 Å². The van der Waals surface area contributed by atoms with Crippen molar-refractivity contribution < 1.29 is 28.3 Å². The number of nitrogens with one attached hydrogen (secondary N) is 1. The highest BCUT2D eigenvalue weighted by Gasteiger charge is 2.20. The Balaban J connectivity index is 1.52. The topological polar surface area (TPSA) is 98.1 Å². The number of ether oxygens (including phenoxy) is 2. The lowest BCUT2D eigenvalue weighted by atomic mass is 9.98. The largest absolute Gasteiger partial charge is 0.482 e. The van der Waals surface area contributed by atoms with Crippen molar-refractivity contribution in [1.29, 1.82) is 0 Å². The lowest BCUT2D eigenvalue weighted by Crippen LogP contribution is -2.34. The van der Waals surface area contributed by atoms with E-state index in [0.29, 0.717) is 28.7 Å². The lowest BCUT2D eigenvalue weighted by Gasteiger charge is -2.20. The summed E-state index contributed by atoms with van der Waals surface area (Å²) < 4.78 is 15.8. The van der Waals surface area contributed by atoms with Crippen LogP contribution < -0.4 is 15.0 Å². The van der Waals surface area contributed by atoms with E-state index in [1.165, 1.54) is 23.8 Å². The number of nitrogens with zero attached hydrogens (tertiary/aromatic N) is 1. The Hall–Kier alpha value is -4.07. The van der Waals surface area contributed by atoms with Gasteiger partial charge in [-0.15, -0.1) is 0 Å². The highest BCUT2D eigenvalue weighted by Crippen LogP contribution is 2.23. The monoisotopic (exact) mass is 478 g/mol. The molecule has 0 aliphatic rings. The maximum atomic E-state index is 12.7. The lowest BCUT2D eigenvalue weighted by molar-refractivity contribution is -0.149. The molecule has 184 valence electrons. The number of rotatable bonds is 10. The Bertz CT molecular complexity index is 1170. The first kappa shape index (κ1) is 25.6. The molecule has 3 rings (SSSR count). The molecule has 0 atom stereocenters. The van der Waals surface area contributed by atoms with Gasteiger partial charge in [0.15, 0.2) is 13.2 Å². The molecule has 1 N–H and O–H groups in total. The summed E-state index contributed by atoms with van der Waals surface area (Å²) >= 11 is 0. The third kappa shape index (κ3) is 6.96. The van der Waals surface area contributed by atoms with Crippen LogP contribution in [0, 0.1) is 6.92 Å². The van der Waals surface area contributed by atoms with Crippen LogP contribution in [0.4, 0.5) is 5.69 Å². The average Bonchev–Trinajstić information content (AvgIpc) is 3.37. The highest BCUT2D eigenvalue weighted by molar-refractivity contribution is 6.05. The van der Waals surface area contributed by atoms with Crippen molar-refractivity contribution in [1.82, 2.24) is 5.32 Å². The Morgan fingerprint density at radius 3 is 2.49 bits per heavy atom. The molecule has 2 aromatic carbocycles. The van der Waals surface area contributed by atoms with E-state index >= 15 is 0 Å². The number of hydrogen-bond donors (Lipinski definition) is 1. The average molecular weight is 479 g/mol.